The van der Waals surface area contributed by atoms with Gasteiger partial charge in [0.1, 0.15) is 0 Å². The van der Waals surface area contributed by atoms with Crippen molar-refractivity contribution in [3.05, 3.63) is 96.1 Å². The highest BCUT2D eigenvalue weighted by Crippen LogP contribution is 2.24. The number of aryl methyl sites for hydroxylation is 2. The summed E-state index contributed by atoms with van der Waals surface area (Å²) in [4.78, 5) is 0.320. The molecule has 3 aromatic carbocycles. The van der Waals surface area contributed by atoms with Crippen LogP contribution in [0.4, 0.5) is 5.69 Å². The van der Waals surface area contributed by atoms with E-state index in [-0.39, 0.29) is 0 Å². The van der Waals surface area contributed by atoms with E-state index in [4.69, 9.17) is 0 Å². The van der Waals surface area contributed by atoms with Gasteiger partial charge in [0.15, 0.2) is 0 Å². The molecule has 0 radical (unpaired) electrons. The van der Waals surface area contributed by atoms with E-state index in [1.165, 1.54) is 9.87 Å². The Morgan fingerprint density at radius 3 is 1.96 bits per heavy atom. The fraction of sp³-hybridized carbons (Fsp3) is 0.182. The van der Waals surface area contributed by atoms with Gasteiger partial charge in [0.2, 0.25) is 0 Å². The molecule has 0 saturated carbocycles. The molecule has 0 heterocycles. The third-order valence-corrected chi connectivity index (χ3v) is 6.16. The normalized spacial score (nSPS) is 11.3. The highest BCUT2D eigenvalue weighted by Gasteiger charge is 2.24. The molecule has 0 aromatic heterocycles. The lowest BCUT2D eigenvalue weighted by Gasteiger charge is -2.25. The summed E-state index contributed by atoms with van der Waals surface area (Å²) in [5.74, 6) is 0. The number of anilines is 1. The molecule has 26 heavy (non-hydrogen) atoms. The summed E-state index contributed by atoms with van der Waals surface area (Å²) in [5, 5.41) is 0. The molecule has 3 nitrogen and oxygen atoms in total. The van der Waals surface area contributed by atoms with Crippen LogP contribution in [0.5, 0.6) is 0 Å². The van der Waals surface area contributed by atoms with Crippen LogP contribution < -0.4 is 4.31 Å². The second-order valence-electron chi connectivity index (χ2n) is 6.31. The zero-order valence-corrected chi connectivity index (χ0v) is 15.7. The topological polar surface area (TPSA) is 37.4 Å². The molecule has 0 saturated heterocycles. The van der Waals surface area contributed by atoms with Gasteiger partial charge in [-0.3, -0.25) is 4.31 Å². The quantitative estimate of drug-likeness (QED) is 0.602. The molecule has 0 aliphatic heterocycles. The van der Waals surface area contributed by atoms with Gasteiger partial charge in [-0.2, -0.15) is 0 Å². The standard InChI is InChI=1S/C22H23NO2S/c1-19-14-16-21(17-15-19)23(18-8-11-20-9-4-2-5-10-20)26(24,25)22-12-6-3-7-13-22/h2-7,9-10,12-17H,8,11,18H2,1H3. The molecule has 0 fully saturated rings. The van der Waals surface area contributed by atoms with E-state index in [2.05, 4.69) is 12.1 Å². The maximum atomic E-state index is 13.2. The van der Waals surface area contributed by atoms with E-state index in [0.29, 0.717) is 17.1 Å². The van der Waals surface area contributed by atoms with Gasteiger partial charge >= 0.3 is 0 Å². The monoisotopic (exact) mass is 365 g/mol. The Morgan fingerprint density at radius 1 is 0.769 bits per heavy atom. The van der Waals surface area contributed by atoms with E-state index < -0.39 is 10.0 Å². The van der Waals surface area contributed by atoms with Crippen molar-refractivity contribution in [3.63, 3.8) is 0 Å². The van der Waals surface area contributed by atoms with Gasteiger partial charge < -0.3 is 0 Å². The van der Waals surface area contributed by atoms with E-state index in [1.54, 1.807) is 24.3 Å². The fourth-order valence-electron chi connectivity index (χ4n) is 2.89. The van der Waals surface area contributed by atoms with Crippen molar-refractivity contribution in [2.24, 2.45) is 0 Å². The van der Waals surface area contributed by atoms with Crippen molar-refractivity contribution in [2.45, 2.75) is 24.7 Å². The second-order valence-corrected chi connectivity index (χ2v) is 8.18. The van der Waals surface area contributed by atoms with Crippen LogP contribution in [0.3, 0.4) is 0 Å². The van der Waals surface area contributed by atoms with Crippen molar-refractivity contribution >= 4 is 15.7 Å². The SMILES string of the molecule is Cc1ccc(N(CCCc2ccccc2)S(=O)(=O)c2ccccc2)cc1. The summed E-state index contributed by atoms with van der Waals surface area (Å²) in [7, 11) is -3.59. The van der Waals surface area contributed by atoms with Gasteiger partial charge in [-0.1, -0.05) is 66.2 Å². The number of hydrogen-bond acceptors (Lipinski definition) is 2. The van der Waals surface area contributed by atoms with Gasteiger partial charge in [0.05, 0.1) is 10.6 Å². The summed E-state index contributed by atoms with van der Waals surface area (Å²) < 4.78 is 27.9. The maximum Gasteiger partial charge on any atom is 0.264 e. The summed E-state index contributed by atoms with van der Waals surface area (Å²) >= 11 is 0. The van der Waals surface area contributed by atoms with Gasteiger partial charge in [-0.25, -0.2) is 8.42 Å². The van der Waals surface area contributed by atoms with Crippen molar-refractivity contribution in [3.8, 4) is 0 Å². The highest BCUT2D eigenvalue weighted by atomic mass is 32.2. The summed E-state index contributed by atoms with van der Waals surface area (Å²) in [6, 6.07) is 26.4. The molecule has 0 spiro atoms. The van der Waals surface area contributed by atoms with Gasteiger partial charge in [0, 0.05) is 6.54 Å². The van der Waals surface area contributed by atoms with Crippen LogP contribution in [0.15, 0.2) is 89.8 Å². The molecule has 4 heteroatoms. The predicted molar refractivity (Wildman–Crippen MR) is 107 cm³/mol. The summed E-state index contributed by atoms with van der Waals surface area (Å²) in [6.45, 7) is 2.43. The van der Waals surface area contributed by atoms with Gasteiger partial charge in [-0.15, -0.1) is 0 Å². The third kappa shape index (κ3) is 4.33. The van der Waals surface area contributed by atoms with Crippen molar-refractivity contribution in [1.82, 2.24) is 0 Å². The molecule has 0 N–H and O–H groups in total. The van der Waals surface area contributed by atoms with Crippen LogP contribution in [0.25, 0.3) is 0 Å². The molecule has 134 valence electrons. The van der Waals surface area contributed by atoms with Crippen molar-refractivity contribution < 1.29 is 8.42 Å². The molecule has 0 amide bonds. The number of benzene rings is 3. The predicted octanol–water partition coefficient (Wildman–Crippen LogP) is 4.82. The number of rotatable bonds is 7. The minimum atomic E-state index is -3.59. The zero-order chi connectivity index (χ0) is 18.4. The first kappa shape index (κ1) is 18.2. The molecule has 0 bridgehead atoms. The van der Waals surface area contributed by atoms with Gasteiger partial charge in [0.25, 0.3) is 10.0 Å². The first-order valence-electron chi connectivity index (χ1n) is 8.76. The smallest absolute Gasteiger partial charge is 0.264 e. The highest BCUT2D eigenvalue weighted by molar-refractivity contribution is 7.92. The Bertz CT molecular complexity index is 921. The van der Waals surface area contributed by atoms with Crippen LogP contribution in [0.2, 0.25) is 0 Å². The van der Waals surface area contributed by atoms with E-state index in [1.807, 2.05) is 55.5 Å². The molecule has 0 atom stereocenters. The second kappa shape index (κ2) is 8.19. The maximum absolute atomic E-state index is 13.2. The molecular weight excluding hydrogens is 342 g/mol. The lowest BCUT2D eigenvalue weighted by Crippen LogP contribution is -2.32. The third-order valence-electron chi connectivity index (χ3n) is 4.32. The van der Waals surface area contributed by atoms with Crippen LogP contribution in [-0.2, 0) is 16.4 Å². The molecular formula is C22H23NO2S. The Labute approximate surface area is 156 Å². The molecule has 0 unspecified atom stereocenters. The summed E-state index contributed by atoms with van der Waals surface area (Å²) in [5.41, 5.74) is 3.02. The Morgan fingerprint density at radius 2 is 1.35 bits per heavy atom. The Balaban J connectivity index is 1.85. The van der Waals surface area contributed by atoms with Crippen LogP contribution in [-0.4, -0.2) is 15.0 Å². The molecule has 0 aliphatic rings. The minimum Gasteiger partial charge on any atom is -0.266 e. The Hall–Kier alpha value is -2.59. The number of hydrogen-bond donors (Lipinski definition) is 0. The average Bonchev–Trinajstić information content (AvgIpc) is 2.68. The zero-order valence-electron chi connectivity index (χ0n) is 14.9. The largest absolute Gasteiger partial charge is 0.266 e. The molecule has 3 rings (SSSR count). The van der Waals surface area contributed by atoms with Crippen LogP contribution >= 0.6 is 0 Å². The lowest BCUT2D eigenvalue weighted by molar-refractivity contribution is 0.589. The van der Waals surface area contributed by atoms with Crippen LogP contribution in [0, 0.1) is 6.92 Å². The fourth-order valence-corrected chi connectivity index (χ4v) is 4.41. The summed E-state index contributed by atoms with van der Waals surface area (Å²) in [6.07, 6.45) is 1.59. The molecule has 0 aliphatic carbocycles. The van der Waals surface area contributed by atoms with E-state index in [0.717, 1.165) is 18.4 Å². The lowest BCUT2D eigenvalue weighted by atomic mass is 10.1. The first-order chi connectivity index (χ1) is 12.6. The Kier molecular flexibility index (Phi) is 5.74. The number of sulfonamides is 1. The van der Waals surface area contributed by atoms with E-state index >= 15 is 0 Å². The molecule has 3 aromatic rings. The van der Waals surface area contributed by atoms with Crippen molar-refractivity contribution in [2.75, 3.05) is 10.8 Å². The van der Waals surface area contributed by atoms with Crippen LogP contribution in [0.1, 0.15) is 17.5 Å². The number of nitrogens with zero attached hydrogens (tertiary/aromatic N) is 1. The average molecular weight is 365 g/mol. The first-order valence-corrected chi connectivity index (χ1v) is 10.2. The van der Waals surface area contributed by atoms with Crippen molar-refractivity contribution in [1.29, 1.82) is 0 Å². The van der Waals surface area contributed by atoms with E-state index in [9.17, 15) is 8.42 Å². The minimum absolute atomic E-state index is 0.320. The van der Waals surface area contributed by atoms with Gasteiger partial charge in [-0.05, 0) is 49.6 Å².